The van der Waals surface area contributed by atoms with E-state index in [-0.39, 0.29) is 24.3 Å². The molecule has 27 heavy (non-hydrogen) atoms. The third kappa shape index (κ3) is 4.97. The molecule has 3 rings (SSSR count). The van der Waals surface area contributed by atoms with Crippen molar-refractivity contribution in [2.45, 2.75) is 38.4 Å². The van der Waals surface area contributed by atoms with Crippen molar-refractivity contribution in [1.29, 1.82) is 0 Å². The first-order valence-corrected chi connectivity index (χ1v) is 9.66. The topological polar surface area (TPSA) is 64.1 Å². The molecular formula is C19H25ClFN3O3. The van der Waals surface area contributed by atoms with Gasteiger partial charge in [-0.15, -0.1) is 0 Å². The number of carbonyl (C=O) groups excluding carboxylic acids is 1. The summed E-state index contributed by atoms with van der Waals surface area (Å²) in [4.78, 5) is 29.6. The zero-order valence-electron chi connectivity index (χ0n) is 15.4. The van der Waals surface area contributed by atoms with Crippen LogP contribution in [0.15, 0.2) is 18.2 Å². The summed E-state index contributed by atoms with van der Waals surface area (Å²) in [7, 11) is 0. The Morgan fingerprint density at radius 1 is 1.30 bits per heavy atom. The molecule has 1 atom stereocenters. The molecule has 1 aromatic rings. The molecule has 1 unspecified atom stereocenters. The van der Waals surface area contributed by atoms with Gasteiger partial charge >= 0.3 is 5.97 Å². The van der Waals surface area contributed by atoms with Crippen LogP contribution < -0.4 is 0 Å². The fraction of sp³-hybridized carbons (Fsp3) is 0.579. The normalized spacial score (nSPS) is 19.3. The average molecular weight is 398 g/mol. The summed E-state index contributed by atoms with van der Waals surface area (Å²) in [5.41, 5.74) is 0.481. The molecule has 0 aromatic heterocycles. The standard InChI is InChI=1S/C19H25ClFN3O3/c1-13(19(26)27)24(14-5-6-14)12-18(25)23-9-7-22(8-10-23)11-15-16(20)3-2-4-17(15)21/h2-4,13-14H,5-12H2,1H3,(H,26,27). The van der Waals surface area contributed by atoms with Crippen LogP contribution in [0, 0.1) is 5.82 Å². The minimum atomic E-state index is -0.902. The summed E-state index contributed by atoms with van der Waals surface area (Å²) < 4.78 is 13.9. The van der Waals surface area contributed by atoms with Gasteiger partial charge in [0.05, 0.1) is 6.54 Å². The van der Waals surface area contributed by atoms with Gasteiger partial charge in [-0.3, -0.25) is 19.4 Å². The maximum absolute atomic E-state index is 13.9. The third-order valence-electron chi connectivity index (χ3n) is 5.36. The van der Waals surface area contributed by atoms with Gasteiger partial charge < -0.3 is 10.0 Å². The second kappa shape index (κ2) is 8.54. The van der Waals surface area contributed by atoms with Crippen LogP contribution in [0.3, 0.4) is 0 Å². The Morgan fingerprint density at radius 2 is 1.96 bits per heavy atom. The van der Waals surface area contributed by atoms with Gasteiger partial charge in [-0.2, -0.15) is 0 Å². The first kappa shape index (κ1) is 20.0. The maximum atomic E-state index is 13.9. The SMILES string of the molecule is CC(C(=O)O)N(CC(=O)N1CCN(Cc2c(F)cccc2Cl)CC1)C1CC1. The molecule has 1 aromatic carbocycles. The molecule has 1 aliphatic carbocycles. The lowest BCUT2D eigenvalue weighted by atomic mass is 10.1. The smallest absolute Gasteiger partial charge is 0.320 e. The van der Waals surface area contributed by atoms with E-state index < -0.39 is 12.0 Å². The minimum absolute atomic E-state index is 0.0430. The highest BCUT2D eigenvalue weighted by atomic mass is 35.5. The highest BCUT2D eigenvalue weighted by Crippen LogP contribution is 2.29. The van der Waals surface area contributed by atoms with E-state index in [0.717, 1.165) is 12.8 Å². The molecule has 6 nitrogen and oxygen atoms in total. The lowest BCUT2D eigenvalue weighted by Gasteiger charge is -2.36. The van der Waals surface area contributed by atoms with E-state index in [4.69, 9.17) is 11.6 Å². The van der Waals surface area contributed by atoms with Crippen LogP contribution in [0.25, 0.3) is 0 Å². The molecule has 2 fully saturated rings. The van der Waals surface area contributed by atoms with Gasteiger partial charge in [0.15, 0.2) is 0 Å². The van der Waals surface area contributed by atoms with E-state index in [1.54, 1.807) is 28.9 Å². The second-order valence-corrected chi connectivity index (χ2v) is 7.68. The van der Waals surface area contributed by atoms with E-state index in [2.05, 4.69) is 4.90 Å². The molecular weight excluding hydrogens is 373 g/mol. The number of benzene rings is 1. The number of carbonyl (C=O) groups is 2. The number of aliphatic carboxylic acids is 1. The van der Waals surface area contributed by atoms with Crippen LogP contribution in [0.1, 0.15) is 25.3 Å². The summed E-state index contributed by atoms with van der Waals surface area (Å²) in [6, 6.07) is 4.20. The van der Waals surface area contributed by atoms with Crippen LogP contribution in [-0.2, 0) is 16.1 Å². The summed E-state index contributed by atoms with van der Waals surface area (Å²) in [6.45, 7) is 4.54. The molecule has 1 saturated heterocycles. The van der Waals surface area contributed by atoms with E-state index in [1.165, 1.54) is 6.07 Å². The van der Waals surface area contributed by atoms with Gasteiger partial charge in [0.25, 0.3) is 0 Å². The highest BCUT2D eigenvalue weighted by molar-refractivity contribution is 6.31. The minimum Gasteiger partial charge on any atom is -0.480 e. The average Bonchev–Trinajstić information content (AvgIpc) is 3.47. The third-order valence-corrected chi connectivity index (χ3v) is 5.71. The molecule has 2 aliphatic rings. The maximum Gasteiger partial charge on any atom is 0.320 e. The fourth-order valence-corrected chi connectivity index (χ4v) is 3.67. The van der Waals surface area contributed by atoms with Crippen LogP contribution >= 0.6 is 11.6 Å². The fourth-order valence-electron chi connectivity index (χ4n) is 3.45. The predicted molar refractivity (Wildman–Crippen MR) is 100 cm³/mol. The lowest BCUT2D eigenvalue weighted by Crippen LogP contribution is -2.53. The summed E-state index contributed by atoms with van der Waals surface area (Å²) >= 11 is 6.09. The first-order chi connectivity index (χ1) is 12.9. The molecule has 0 bridgehead atoms. The van der Waals surface area contributed by atoms with Crippen LogP contribution in [-0.4, -0.2) is 76.5 Å². The number of hydrogen-bond donors (Lipinski definition) is 1. The van der Waals surface area contributed by atoms with Gasteiger partial charge in [-0.05, 0) is 31.9 Å². The largest absolute Gasteiger partial charge is 0.480 e. The number of nitrogens with zero attached hydrogens (tertiary/aromatic N) is 3. The molecule has 148 valence electrons. The van der Waals surface area contributed by atoms with Gasteiger partial charge in [0.2, 0.25) is 5.91 Å². The Bertz CT molecular complexity index is 685. The zero-order chi connectivity index (χ0) is 19.6. The summed E-state index contributed by atoms with van der Waals surface area (Å²) in [6.07, 6.45) is 1.89. The van der Waals surface area contributed by atoms with Crippen LogP contribution in [0.5, 0.6) is 0 Å². The quantitative estimate of drug-likeness (QED) is 0.763. The molecule has 0 radical (unpaired) electrons. The number of halogens is 2. The number of piperazine rings is 1. The van der Waals surface area contributed by atoms with Gasteiger partial charge in [0.1, 0.15) is 11.9 Å². The monoisotopic (exact) mass is 397 g/mol. The number of hydrogen-bond acceptors (Lipinski definition) is 4. The Morgan fingerprint density at radius 3 is 2.52 bits per heavy atom. The van der Waals surface area contributed by atoms with E-state index in [1.807, 2.05) is 0 Å². The molecule has 0 spiro atoms. The molecule has 1 heterocycles. The first-order valence-electron chi connectivity index (χ1n) is 9.28. The molecule has 8 heteroatoms. The number of carboxylic acid groups (broad SMARTS) is 1. The van der Waals surface area contributed by atoms with E-state index in [0.29, 0.717) is 43.3 Å². The number of amides is 1. The van der Waals surface area contributed by atoms with Crippen molar-refractivity contribution in [3.8, 4) is 0 Å². The van der Waals surface area contributed by atoms with Gasteiger partial charge in [0, 0.05) is 49.4 Å². The van der Waals surface area contributed by atoms with Gasteiger partial charge in [-0.25, -0.2) is 4.39 Å². The van der Waals surface area contributed by atoms with Crippen LogP contribution in [0.4, 0.5) is 4.39 Å². The van der Waals surface area contributed by atoms with Gasteiger partial charge in [-0.1, -0.05) is 17.7 Å². The zero-order valence-corrected chi connectivity index (χ0v) is 16.2. The molecule has 1 N–H and O–H groups in total. The lowest BCUT2D eigenvalue weighted by molar-refractivity contribution is -0.144. The van der Waals surface area contributed by atoms with Crippen molar-refractivity contribution < 1.29 is 19.1 Å². The highest BCUT2D eigenvalue weighted by Gasteiger charge is 2.37. The second-order valence-electron chi connectivity index (χ2n) is 7.27. The molecule has 1 aliphatic heterocycles. The number of carboxylic acids is 1. The molecule has 1 saturated carbocycles. The predicted octanol–water partition coefficient (Wildman–Crippen LogP) is 2.06. The van der Waals surface area contributed by atoms with Crippen LogP contribution in [0.2, 0.25) is 5.02 Å². The Balaban J connectivity index is 1.52. The van der Waals surface area contributed by atoms with E-state index >= 15 is 0 Å². The summed E-state index contributed by atoms with van der Waals surface area (Å²) in [5, 5.41) is 9.67. The van der Waals surface area contributed by atoms with Crippen molar-refractivity contribution in [3.05, 3.63) is 34.6 Å². The Hall–Kier alpha value is -1.70. The van der Waals surface area contributed by atoms with E-state index in [9.17, 15) is 19.1 Å². The summed E-state index contributed by atoms with van der Waals surface area (Å²) in [5.74, 6) is -1.26. The van der Waals surface area contributed by atoms with Crippen molar-refractivity contribution in [1.82, 2.24) is 14.7 Å². The van der Waals surface area contributed by atoms with Crippen molar-refractivity contribution in [2.24, 2.45) is 0 Å². The Labute approximate surface area is 163 Å². The van der Waals surface area contributed by atoms with Crippen molar-refractivity contribution >= 4 is 23.5 Å². The number of rotatable bonds is 7. The van der Waals surface area contributed by atoms with Crippen molar-refractivity contribution in [3.63, 3.8) is 0 Å². The van der Waals surface area contributed by atoms with Crippen molar-refractivity contribution in [2.75, 3.05) is 32.7 Å². The molecule has 1 amide bonds. The Kier molecular flexibility index (Phi) is 6.34.